The van der Waals surface area contributed by atoms with Crippen LogP contribution in [0, 0.1) is 0 Å². The summed E-state index contributed by atoms with van der Waals surface area (Å²) < 4.78 is 0. The van der Waals surface area contributed by atoms with Crippen LogP contribution in [0.3, 0.4) is 0 Å². The Morgan fingerprint density at radius 3 is 2.11 bits per heavy atom. The molecule has 4 nitrogen and oxygen atoms in total. The number of benzene rings is 1. The highest BCUT2D eigenvalue weighted by atomic mass is 16.4. The molecule has 0 saturated heterocycles. The molecule has 0 bridgehead atoms. The molecule has 0 aromatic heterocycles. The number of nitrogens with zero attached hydrogens (tertiary/aromatic N) is 1. The van der Waals surface area contributed by atoms with Gasteiger partial charge in [-0.25, -0.2) is 4.79 Å². The molecule has 0 aliphatic rings. The molecule has 0 spiro atoms. The standard InChI is InChI=1S/C14H19NO3/c1-3-15(4-2)13(16)10-7-11-5-8-12(9-6-11)14(17)18/h5-6,8-9H,3-4,7,10H2,1-2H3,(H,17,18). The third-order valence-electron chi connectivity index (χ3n) is 2.94. The van der Waals surface area contributed by atoms with Gasteiger partial charge in [0.2, 0.25) is 5.91 Å². The topological polar surface area (TPSA) is 57.6 Å². The van der Waals surface area contributed by atoms with E-state index in [0.29, 0.717) is 12.8 Å². The van der Waals surface area contributed by atoms with Crippen LogP contribution in [0.1, 0.15) is 36.2 Å². The molecule has 0 fully saturated rings. The number of aryl methyl sites for hydroxylation is 1. The maximum Gasteiger partial charge on any atom is 0.335 e. The molecular weight excluding hydrogens is 230 g/mol. The van der Waals surface area contributed by atoms with Gasteiger partial charge in [-0.1, -0.05) is 12.1 Å². The van der Waals surface area contributed by atoms with E-state index >= 15 is 0 Å². The van der Waals surface area contributed by atoms with Crippen LogP contribution in [0.4, 0.5) is 0 Å². The molecule has 1 rings (SSSR count). The van der Waals surface area contributed by atoms with Gasteiger partial charge in [0, 0.05) is 19.5 Å². The molecule has 1 aromatic carbocycles. The van der Waals surface area contributed by atoms with Crippen LogP contribution < -0.4 is 0 Å². The highest BCUT2D eigenvalue weighted by Gasteiger charge is 2.09. The monoisotopic (exact) mass is 249 g/mol. The fourth-order valence-electron chi connectivity index (χ4n) is 1.80. The molecule has 0 saturated carbocycles. The molecule has 0 radical (unpaired) electrons. The van der Waals surface area contributed by atoms with Gasteiger partial charge in [-0.15, -0.1) is 0 Å². The number of carbonyl (C=O) groups is 2. The van der Waals surface area contributed by atoms with Crippen LogP contribution in [0.25, 0.3) is 0 Å². The number of rotatable bonds is 6. The van der Waals surface area contributed by atoms with Gasteiger partial charge in [0.1, 0.15) is 0 Å². The molecule has 4 heteroatoms. The van der Waals surface area contributed by atoms with Crippen LogP contribution in [0.15, 0.2) is 24.3 Å². The Bertz CT molecular complexity index is 408. The summed E-state index contributed by atoms with van der Waals surface area (Å²) in [7, 11) is 0. The zero-order valence-electron chi connectivity index (χ0n) is 10.8. The van der Waals surface area contributed by atoms with Crippen molar-refractivity contribution in [1.29, 1.82) is 0 Å². The van der Waals surface area contributed by atoms with Gasteiger partial charge in [0.15, 0.2) is 0 Å². The summed E-state index contributed by atoms with van der Waals surface area (Å²) in [6.07, 6.45) is 1.11. The minimum Gasteiger partial charge on any atom is -0.478 e. The van der Waals surface area contributed by atoms with Crippen molar-refractivity contribution in [2.24, 2.45) is 0 Å². The normalized spacial score (nSPS) is 10.1. The zero-order valence-corrected chi connectivity index (χ0v) is 10.8. The second kappa shape index (κ2) is 6.79. The predicted molar refractivity (Wildman–Crippen MR) is 69.7 cm³/mol. The van der Waals surface area contributed by atoms with Crippen molar-refractivity contribution in [3.63, 3.8) is 0 Å². The lowest BCUT2D eigenvalue weighted by molar-refractivity contribution is -0.130. The van der Waals surface area contributed by atoms with Gasteiger partial charge in [-0.2, -0.15) is 0 Å². The van der Waals surface area contributed by atoms with Crippen molar-refractivity contribution in [2.45, 2.75) is 26.7 Å². The van der Waals surface area contributed by atoms with Crippen molar-refractivity contribution in [2.75, 3.05) is 13.1 Å². The third-order valence-corrected chi connectivity index (χ3v) is 2.94. The average Bonchev–Trinajstić information content (AvgIpc) is 2.38. The van der Waals surface area contributed by atoms with E-state index < -0.39 is 5.97 Å². The Morgan fingerprint density at radius 1 is 1.11 bits per heavy atom. The van der Waals surface area contributed by atoms with E-state index in [-0.39, 0.29) is 11.5 Å². The second-order valence-corrected chi connectivity index (χ2v) is 4.07. The van der Waals surface area contributed by atoms with Gasteiger partial charge in [-0.3, -0.25) is 4.79 Å². The highest BCUT2D eigenvalue weighted by molar-refractivity contribution is 5.87. The number of hydrogen-bond donors (Lipinski definition) is 1. The lowest BCUT2D eigenvalue weighted by Gasteiger charge is -2.18. The van der Waals surface area contributed by atoms with E-state index in [1.54, 1.807) is 29.2 Å². The Labute approximate surface area is 107 Å². The Hall–Kier alpha value is -1.84. The Kier molecular flexibility index (Phi) is 5.36. The molecule has 18 heavy (non-hydrogen) atoms. The summed E-state index contributed by atoms with van der Waals surface area (Å²) in [5.41, 5.74) is 1.26. The first-order valence-electron chi connectivity index (χ1n) is 6.18. The third kappa shape index (κ3) is 3.87. The second-order valence-electron chi connectivity index (χ2n) is 4.07. The number of amides is 1. The fourth-order valence-corrected chi connectivity index (χ4v) is 1.80. The lowest BCUT2D eigenvalue weighted by atomic mass is 10.1. The smallest absolute Gasteiger partial charge is 0.335 e. The van der Waals surface area contributed by atoms with Crippen molar-refractivity contribution in [3.8, 4) is 0 Å². The van der Waals surface area contributed by atoms with Gasteiger partial charge in [0.25, 0.3) is 0 Å². The van der Waals surface area contributed by atoms with Crippen LogP contribution in [0.5, 0.6) is 0 Å². The first-order valence-corrected chi connectivity index (χ1v) is 6.18. The largest absolute Gasteiger partial charge is 0.478 e. The molecule has 98 valence electrons. The molecule has 1 amide bonds. The molecule has 1 aromatic rings. The van der Waals surface area contributed by atoms with Gasteiger partial charge in [-0.05, 0) is 38.0 Å². The Morgan fingerprint density at radius 2 is 1.67 bits per heavy atom. The molecular formula is C14H19NO3. The molecule has 0 aliphatic heterocycles. The molecule has 0 aliphatic carbocycles. The van der Waals surface area contributed by atoms with Crippen LogP contribution in [-0.4, -0.2) is 35.0 Å². The quantitative estimate of drug-likeness (QED) is 0.840. The minimum atomic E-state index is -0.930. The number of carboxylic acid groups (broad SMARTS) is 1. The molecule has 0 heterocycles. The first-order chi connectivity index (χ1) is 8.58. The van der Waals surface area contributed by atoms with E-state index in [4.69, 9.17) is 5.11 Å². The van der Waals surface area contributed by atoms with Crippen LogP contribution in [0.2, 0.25) is 0 Å². The van der Waals surface area contributed by atoms with Crippen molar-refractivity contribution in [1.82, 2.24) is 4.90 Å². The number of carbonyl (C=O) groups excluding carboxylic acids is 1. The van der Waals surface area contributed by atoms with E-state index in [1.807, 2.05) is 13.8 Å². The Balaban J connectivity index is 2.53. The summed E-state index contributed by atoms with van der Waals surface area (Å²) in [4.78, 5) is 24.3. The van der Waals surface area contributed by atoms with E-state index in [9.17, 15) is 9.59 Å². The predicted octanol–water partition coefficient (Wildman–Crippen LogP) is 2.19. The maximum absolute atomic E-state index is 11.8. The number of hydrogen-bond acceptors (Lipinski definition) is 2. The summed E-state index contributed by atoms with van der Waals surface area (Å²) in [6.45, 7) is 5.38. The van der Waals surface area contributed by atoms with E-state index in [1.165, 1.54) is 0 Å². The summed E-state index contributed by atoms with van der Waals surface area (Å²) >= 11 is 0. The summed E-state index contributed by atoms with van der Waals surface area (Å²) in [6, 6.07) is 6.66. The van der Waals surface area contributed by atoms with Gasteiger partial charge >= 0.3 is 5.97 Å². The maximum atomic E-state index is 11.8. The van der Waals surface area contributed by atoms with Crippen molar-refractivity contribution in [3.05, 3.63) is 35.4 Å². The van der Waals surface area contributed by atoms with Crippen LogP contribution in [-0.2, 0) is 11.2 Å². The average molecular weight is 249 g/mol. The SMILES string of the molecule is CCN(CC)C(=O)CCc1ccc(C(=O)O)cc1. The van der Waals surface area contributed by atoms with Gasteiger partial charge < -0.3 is 10.0 Å². The molecule has 0 atom stereocenters. The number of aromatic carboxylic acids is 1. The molecule has 0 unspecified atom stereocenters. The van der Waals surface area contributed by atoms with Gasteiger partial charge in [0.05, 0.1) is 5.56 Å². The fraction of sp³-hybridized carbons (Fsp3) is 0.429. The van der Waals surface area contributed by atoms with Crippen molar-refractivity contribution < 1.29 is 14.7 Å². The summed E-state index contributed by atoms with van der Waals surface area (Å²) in [5, 5.41) is 8.77. The molecule has 1 N–H and O–H groups in total. The number of carboxylic acids is 1. The minimum absolute atomic E-state index is 0.141. The van der Waals surface area contributed by atoms with Crippen LogP contribution >= 0.6 is 0 Å². The van der Waals surface area contributed by atoms with E-state index in [0.717, 1.165) is 18.7 Å². The van der Waals surface area contributed by atoms with Crippen molar-refractivity contribution >= 4 is 11.9 Å². The lowest BCUT2D eigenvalue weighted by Crippen LogP contribution is -2.30. The van der Waals surface area contributed by atoms with E-state index in [2.05, 4.69) is 0 Å². The summed E-state index contributed by atoms with van der Waals surface area (Å²) in [5.74, 6) is -0.789. The highest BCUT2D eigenvalue weighted by Crippen LogP contribution is 2.08. The first kappa shape index (κ1) is 14.2. The zero-order chi connectivity index (χ0) is 13.5.